The average Bonchev–Trinajstić information content (AvgIpc) is 2.30. The van der Waals surface area contributed by atoms with Crippen LogP contribution in [0.25, 0.3) is 0 Å². The maximum Gasteiger partial charge on any atom is 0.115 e. The lowest BCUT2D eigenvalue weighted by Crippen LogP contribution is -2.13. The zero-order valence-electron chi connectivity index (χ0n) is 9.58. The quantitative estimate of drug-likeness (QED) is 0.844. The van der Waals surface area contributed by atoms with E-state index in [1.54, 1.807) is 18.2 Å². The Labute approximate surface area is 101 Å². The van der Waals surface area contributed by atoms with Gasteiger partial charge in [0.1, 0.15) is 5.75 Å². The molecule has 88 valence electrons. The zero-order chi connectivity index (χ0) is 12.1. The molecule has 1 unspecified atom stereocenters. The lowest BCUT2D eigenvalue weighted by molar-refractivity contribution is 0.175. The number of phenolic OH excluding ortho intramolecular Hbond substituents is 1. The molecule has 0 heterocycles. The Morgan fingerprint density at radius 1 is 0.824 bits per heavy atom. The monoisotopic (exact) mass is 228 g/mol. The molecule has 0 saturated heterocycles. The molecule has 0 bridgehead atoms. The summed E-state index contributed by atoms with van der Waals surface area (Å²) in [6.45, 7) is 0. The van der Waals surface area contributed by atoms with Crippen molar-refractivity contribution < 1.29 is 10.2 Å². The van der Waals surface area contributed by atoms with E-state index in [0.29, 0.717) is 12.8 Å². The van der Waals surface area contributed by atoms with Gasteiger partial charge in [0.05, 0.1) is 6.10 Å². The molecule has 2 nitrogen and oxygen atoms in total. The van der Waals surface area contributed by atoms with E-state index in [1.165, 1.54) is 0 Å². The van der Waals surface area contributed by atoms with Gasteiger partial charge in [0.25, 0.3) is 0 Å². The topological polar surface area (TPSA) is 40.5 Å². The van der Waals surface area contributed by atoms with Crippen molar-refractivity contribution in [3.05, 3.63) is 65.7 Å². The molecule has 0 amide bonds. The van der Waals surface area contributed by atoms with Crippen LogP contribution >= 0.6 is 0 Å². The number of phenols is 1. The van der Waals surface area contributed by atoms with Crippen molar-refractivity contribution in [1.82, 2.24) is 0 Å². The van der Waals surface area contributed by atoms with E-state index < -0.39 is 6.10 Å². The third-order valence-electron chi connectivity index (χ3n) is 2.70. The van der Waals surface area contributed by atoms with E-state index in [1.807, 2.05) is 36.4 Å². The largest absolute Gasteiger partial charge is 0.508 e. The molecule has 2 heteroatoms. The molecule has 2 aromatic rings. The fraction of sp³-hybridized carbons (Fsp3) is 0.200. The summed E-state index contributed by atoms with van der Waals surface area (Å²) >= 11 is 0. The first kappa shape index (κ1) is 11.7. The molecule has 17 heavy (non-hydrogen) atoms. The minimum Gasteiger partial charge on any atom is -0.508 e. The van der Waals surface area contributed by atoms with Crippen molar-refractivity contribution >= 4 is 0 Å². The Balaban J connectivity index is 1.96. The van der Waals surface area contributed by atoms with Crippen LogP contribution in [0.5, 0.6) is 5.75 Å². The van der Waals surface area contributed by atoms with Gasteiger partial charge in [0.2, 0.25) is 0 Å². The zero-order valence-corrected chi connectivity index (χ0v) is 9.58. The van der Waals surface area contributed by atoms with Crippen molar-refractivity contribution in [2.45, 2.75) is 18.9 Å². The summed E-state index contributed by atoms with van der Waals surface area (Å²) < 4.78 is 0. The Kier molecular flexibility index (Phi) is 3.78. The summed E-state index contributed by atoms with van der Waals surface area (Å²) in [6, 6.07) is 16.9. The fourth-order valence-corrected chi connectivity index (χ4v) is 1.91. The van der Waals surface area contributed by atoms with E-state index in [2.05, 4.69) is 0 Å². The number of aliphatic hydroxyl groups excluding tert-OH is 1. The SMILES string of the molecule is Oc1cccc(CC(O)Cc2ccccc2)c1. The average molecular weight is 228 g/mol. The van der Waals surface area contributed by atoms with Crippen LogP contribution in [0.4, 0.5) is 0 Å². The summed E-state index contributed by atoms with van der Waals surface area (Å²) in [5, 5.41) is 19.3. The van der Waals surface area contributed by atoms with Crippen LogP contribution in [0.2, 0.25) is 0 Å². The smallest absolute Gasteiger partial charge is 0.115 e. The van der Waals surface area contributed by atoms with Gasteiger partial charge in [-0.25, -0.2) is 0 Å². The van der Waals surface area contributed by atoms with Crippen molar-refractivity contribution in [2.24, 2.45) is 0 Å². The minimum atomic E-state index is -0.417. The predicted octanol–water partition coefficient (Wildman–Crippen LogP) is 2.54. The number of hydrogen-bond acceptors (Lipinski definition) is 2. The molecule has 0 saturated carbocycles. The molecular formula is C15H16O2. The standard InChI is InChI=1S/C15H16O2/c16-14-8-4-7-13(10-14)11-15(17)9-12-5-2-1-3-6-12/h1-8,10,15-17H,9,11H2. The summed E-state index contributed by atoms with van der Waals surface area (Å²) in [5.41, 5.74) is 2.08. The Morgan fingerprint density at radius 3 is 2.18 bits per heavy atom. The summed E-state index contributed by atoms with van der Waals surface area (Å²) in [4.78, 5) is 0. The Hall–Kier alpha value is -1.80. The second-order valence-corrected chi connectivity index (χ2v) is 4.22. The number of aromatic hydroxyl groups is 1. The Bertz CT molecular complexity index is 465. The second kappa shape index (κ2) is 5.51. The maximum absolute atomic E-state index is 9.97. The van der Waals surface area contributed by atoms with Crippen LogP contribution in [0.3, 0.4) is 0 Å². The first-order valence-corrected chi connectivity index (χ1v) is 5.74. The van der Waals surface area contributed by atoms with Crippen molar-refractivity contribution in [3.8, 4) is 5.75 Å². The highest BCUT2D eigenvalue weighted by atomic mass is 16.3. The highest BCUT2D eigenvalue weighted by Gasteiger charge is 2.07. The summed E-state index contributed by atoms with van der Waals surface area (Å²) in [5.74, 6) is 0.245. The van der Waals surface area contributed by atoms with Crippen LogP contribution in [-0.4, -0.2) is 16.3 Å². The van der Waals surface area contributed by atoms with Gasteiger partial charge in [-0.2, -0.15) is 0 Å². The third kappa shape index (κ3) is 3.61. The summed E-state index contributed by atoms with van der Waals surface area (Å²) in [7, 11) is 0. The van der Waals surface area contributed by atoms with Gasteiger partial charge in [-0.3, -0.25) is 0 Å². The van der Waals surface area contributed by atoms with Gasteiger partial charge in [0, 0.05) is 0 Å². The number of rotatable bonds is 4. The molecule has 2 N–H and O–H groups in total. The normalized spacial score (nSPS) is 12.3. The first-order chi connectivity index (χ1) is 8.24. The minimum absolute atomic E-state index is 0.245. The molecule has 1 atom stereocenters. The van der Waals surface area contributed by atoms with Crippen molar-refractivity contribution in [2.75, 3.05) is 0 Å². The molecule has 0 spiro atoms. The van der Waals surface area contributed by atoms with Crippen LogP contribution in [0, 0.1) is 0 Å². The fourth-order valence-electron chi connectivity index (χ4n) is 1.91. The van der Waals surface area contributed by atoms with Gasteiger partial charge in [-0.1, -0.05) is 42.5 Å². The number of hydrogen-bond donors (Lipinski definition) is 2. The van der Waals surface area contributed by atoms with Gasteiger partial charge in [0.15, 0.2) is 0 Å². The highest BCUT2D eigenvalue weighted by molar-refractivity contribution is 5.27. The molecule has 0 fully saturated rings. The van der Waals surface area contributed by atoms with Crippen LogP contribution < -0.4 is 0 Å². The van der Waals surface area contributed by atoms with Crippen LogP contribution in [0.1, 0.15) is 11.1 Å². The van der Waals surface area contributed by atoms with E-state index in [0.717, 1.165) is 11.1 Å². The number of benzene rings is 2. The van der Waals surface area contributed by atoms with Gasteiger partial charge in [-0.15, -0.1) is 0 Å². The molecule has 0 aromatic heterocycles. The van der Waals surface area contributed by atoms with E-state index in [9.17, 15) is 10.2 Å². The maximum atomic E-state index is 9.97. The molecule has 0 radical (unpaired) electrons. The van der Waals surface area contributed by atoms with E-state index in [4.69, 9.17) is 0 Å². The van der Waals surface area contributed by atoms with Crippen LogP contribution in [-0.2, 0) is 12.8 Å². The number of aliphatic hydroxyl groups is 1. The molecule has 0 aliphatic rings. The second-order valence-electron chi connectivity index (χ2n) is 4.22. The van der Waals surface area contributed by atoms with Gasteiger partial charge < -0.3 is 10.2 Å². The van der Waals surface area contributed by atoms with Crippen molar-refractivity contribution in [1.29, 1.82) is 0 Å². The third-order valence-corrected chi connectivity index (χ3v) is 2.70. The molecule has 0 aliphatic carbocycles. The lowest BCUT2D eigenvalue weighted by atomic mass is 10.0. The molecule has 2 rings (SSSR count). The summed E-state index contributed by atoms with van der Waals surface area (Å²) in [6.07, 6.45) is 0.777. The predicted molar refractivity (Wildman–Crippen MR) is 68.0 cm³/mol. The lowest BCUT2D eigenvalue weighted by Gasteiger charge is -2.10. The first-order valence-electron chi connectivity index (χ1n) is 5.74. The molecule has 2 aromatic carbocycles. The highest BCUT2D eigenvalue weighted by Crippen LogP contribution is 2.14. The van der Waals surface area contributed by atoms with Crippen molar-refractivity contribution in [3.63, 3.8) is 0 Å². The van der Waals surface area contributed by atoms with Crippen LogP contribution in [0.15, 0.2) is 54.6 Å². The molecular weight excluding hydrogens is 212 g/mol. The van der Waals surface area contributed by atoms with Gasteiger partial charge >= 0.3 is 0 Å². The van der Waals surface area contributed by atoms with Gasteiger partial charge in [-0.05, 0) is 36.1 Å². The van der Waals surface area contributed by atoms with E-state index >= 15 is 0 Å². The Morgan fingerprint density at radius 2 is 1.47 bits per heavy atom. The molecule has 0 aliphatic heterocycles. The van der Waals surface area contributed by atoms with E-state index in [-0.39, 0.29) is 5.75 Å².